The fourth-order valence-electron chi connectivity index (χ4n) is 5.31. The SMILES string of the molecule is O=C(NC(CCCCCCCc1ccc2c(n1)NCCC2)C(=O)O)C1CC2CCC(C1)O2. The quantitative estimate of drug-likeness (QED) is 0.449. The van der Waals surface area contributed by atoms with Gasteiger partial charge in [-0.25, -0.2) is 9.78 Å². The summed E-state index contributed by atoms with van der Waals surface area (Å²) >= 11 is 0. The van der Waals surface area contributed by atoms with Crippen LogP contribution in [0, 0.1) is 5.92 Å². The first-order chi connectivity index (χ1) is 15.6. The van der Waals surface area contributed by atoms with Crippen molar-refractivity contribution in [3.63, 3.8) is 0 Å². The number of amides is 1. The Morgan fingerprint density at radius 1 is 1.12 bits per heavy atom. The van der Waals surface area contributed by atoms with Gasteiger partial charge in [-0.2, -0.15) is 0 Å². The fraction of sp³-hybridized carbons (Fsp3) is 0.720. The molecule has 2 bridgehead atoms. The van der Waals surface area contributed by atoms with Crippen molar-refractivity contribution < 1.29 is 19.4 Å². The molecule has 3 unspecified atom stereocenters. The van der Waals surface area contributed by atoms with Crippen LogP contribution >= 0.6 is 0 Å². The number of rotatable bonds is 11. The maximum Gasteiger partial charge on any atom is 0.326 e. The molecule has 3 atom stereocenters. The Kier molecular flexibility index (Phi) is 8.00. The lowest BCUT2D eigenvalue weighted by Crippen LogP contribution is -2.45. The molecule has 2 saturated heterocycles. The summed E-state index contributed by atoms with van der Waals surface area (Å²) in [4.78, 5) is 29.0. The topological polar surface area (TPSA) is 101 Å². The summed E-state index contributed by atoms with van der Waals surface area (Å²) in [6, 6.07) is 3.57. The van der Waals surface area contributed by atoms with Crippen LogP contribution in [0.25, 0.3) is 0 Å². The monoisotopic (exact) mass is 443 g/mol. The molecule has 3 aliphatic rings. The third-order valence-electron chi connectivity index (χ3n) is 7.15. The Morgan fingerprint density at radius 3 is 2.66 bits per heavy atom. The number of fused-ring (bicyclic) bond motifs is 3. The second kappa shape index (κ2) is 11.1. The van der Waals surface area contributed by atoms with Gasteiger partial charge in [-0.15, -0.1) is 0 Å². The molecule has 4 rings (SSSR count). The van der Waals surface area contributed by atoms with Gasteiger partial charge in [-0.05, 0) is 69.4 Å². The van der Waals surface area contributed by atoms with E-state index in [-0.39, 0.29) is 24.0 Å². The van der Waals surface area contributed by atoms with Gasteiger partial charge in [-0.3, -0.25) is 4.79 Å². The van der Waals surface area contributed by atoms with Crippen LogP contribution in [-0.4, -0.2) is 46.8 Å². The van der Waals surface area contributed by atoms with Gasteiger partial charge in [0.1, 0.15) is 11.9 Å². The van der Waals surface area contributed by atoms with Gasteiger partial charge in [0.15, 0.2) is 0 Å². The lowest BCUT2D eigenvalue weighted by Gasteiger charge is -2.28. The molecule has 0 aliphatic carbocycles. The van der Waals surface area contributed by atoms with Crippen LogP contribution in [0.1, 0.15) is 81.9 Å². The number of aryl methyl sites for hydroxylation is 2. The molecule has 2 fully saturated rings. The number of carbonyl (C=O) groups excluding carboxylic acids is 1. The number of aliphatic carboxylic acids is 1. The number of pyridine rings is 1. The minimum atomic E-state index is -0.930. The van der Waals surface area contributed by atoms with Crippen LogP contribution in [0.4, 0.5) is 5.82 Å². The number of ether oxygens (including phenoxy) is 1. The number of hydrogen-bond acceptors (Lipinski definition) is 5. The molecule has 7 nitrogen and oxygen atoms in total. The summed E-state index contributed by atoms with van der Waals surface area (Å²) in [5, 5.41) is 15.7. The smallest absolute Gasteiger partial charge is 0.326 e. The van der Waals surface area contributed by atoms with Crippen molar-refractivity contribution in [3.8, 4) is 0 Å². The van der Waals surface area contributed by atoms with Crippen LogP contribution in [0.15, 0.2) is 12.1 Å². The Hall–Kier alpha value is -2.15. The van der Waals surface area contributed by atoms with E-state index < -0.39 is 12.0 Å². The third kappa shape index (κ3) is 6.21. The molecule has 0 radical (unpaired) electrons. The van der Waals surface area contributed by atoms with E-state index in [0.29, 0.717) is 6.42 Å². The van der Waals surface area contributed by atoms with Crippen LogP contribution in [0.2, 0.25) is 0 Å². The van der Waals surface area contributed by atoms with Crippen molar-refractivity contribution >= 4 is 17.7 Å². The second-order valence-corrected chi connectivity index (χ2v) is 9.67. The van der Waals surface area contributed by atoms with Crippen LogP contribution in [0.5, 0.6) is 0 Å². The molecule has 7 heteroatoms. The number of carbonyl (C=O) groups is 2. The Bertz CT molecular complexity index is 787. The van der Waals surface area contributed by atoms with Gasteiger partial charge in [-0.1, -0.05) is 31.7 Å². The lowest BCUT2D eigenvalue weighted by molar-refractivity contribution is -0.143. The highest BCUT2D eigenvalue weighted by Gasteiger charge is 2.38. The third-order valence-corrected chi connectivity index (χ3v) is 7.15. The van der Waals surface area contributed by atoms with Gasteiger partial charge in [0.2, 0.25) is 5.91 Å². The molecule has 3 N–H and O–H groups in total. The zero-order chi connectivity index (χ0) is 22.3. The zero-order valence-corrected chi connectivity index (χ0v) is 19.0. The molecule has 4 heterocycles. The first-order valence-electron chi connectivity index (χ1n) is 12.5. The van der Waals surface area contributed by atoms with Crippen LogP contribution in [0.3, 0.4) is 0 Å². The van der Waals surface area contributed by atoms with Crippen molar-refractivity contribution in [2.75, 3.05) is 11.9 Å². The molecule has 3 aliphatic heterocycles. The minimum Gasteiger partial charge on any atom is -0.480 e. The standard InChI is InChI=1S/C25H37N3O4/c29-24(18-15-20-12-13-21(16-18)32-20)28-22(25(30)31)9-5-3-1-2-4-8-19-11-10-17-7-6-14-26-23(17)27-19/h10-11,18,20-22H,1-9,12-16H2,(H,26,27)(H,28,29)(H,30,31). The van der Waals surface area contributed by atoms with E-state index >= 15 is 0 Å². The van der Waals surface area contributed by atoms with E-state index in [1.165, 1.54) is 12.0 Å². The molecule has 0 spiro atoms. The summed E-state index contributed by atoms with van der Waals surface area (Å²) in [7, 11) is 0. The maximum absolute atomic E-state index is 12.6. The van der Waals surface area contributed by atoms with Crippen molar-refractivity contribution in [1.82, 2.24) is 10.3 Å². The Morgan fingerprint density at radius 2 is 1.88 bits per heavy atom. The second-order valence-electron chi connectivity index (χ2n) is 9.67. The van der Waals surface area contributed by atoms with Gasteiger partial charge in [0.05, 0.1) is 12.2 Å². The van der Waals surface area contributed by atoms with Gasteiger partial charge >= 0.3 is 5.97 Å². The molecule has 0 aromatic carbocycles. The molecular formula is C25H37N3O4. The van der Waals surface area contributed by atoms with Gasteiger partial charge in [0.25, 0.3) is 0 Å². The van der Waals surface area contributed by atoms with Crippen molar-refractivity contribution in [3.05, 3.63) is 23.4 Å². The molecule has 176 valence electrons. The first kappa shape index (κ1) is 23.0. The molecule has 32 heavy (non-hydrogen) atoms. The maximum atomic E-state index is 12.6. The average molecular weight is 444 g/mol. The van der Waals surface area contributed by atoms with Gasteiger partial charge < -0.3 is 20.5 Å². The Balaban J connectivity index is 1.10. The highest BCUT2D eigenvalue weighted by atomic mass is 16.5. The van der Waals surface area contributed by atoms with E-state index in [2.05, 4.69) is 22.8 Å². The largest absolute Gasteiger partial charge is 0.480 e. The number of unbranched alkanes of at least 4 members (excludes halogenated alkanes) is 4. The first-order valence-corrected chi connectivity index (χ1v) is 12.5. The summed E-state index contributed by atoms with van der Waals surface area (Å²) < 4.78 is 5.79. The van der Waals surface area contributed by atoms with Crippen LogP contribution in [-0.2, 0) is 27.2 Å². The molecule has 1 aromatic heterocycles. The number of anilines is 1. The average Bonchev–Trinajstić information content (AvgIpc) is 3.14. The summed E-state index contributed by atoms with van der Waals surface area (Å²) in [5.41, 5.74) is 2.47. The molecule has 0 saturated carbocycles. The zero-order valence-electron chi connectivity index (χ0n) is 19.0. The Labute approximate surface area is 190 Å². The van der Waals surface area contributed by atoms with E-state index in [4.69, 9.17) is 9.72 Å². The predicted molar refractivity (Wildman–Crippen MR) is 123 cm³/mol. The fourth-order valence-corrected chi connectivity index (χ4v) is 5.31. The number of carboxylic acid groups (broad SMARTS) is 1. The van der Waals surface area contributed by atoms with E-state index in [0.717, 1.165) is 88.7 Å². The summed E-state index contributed by atoms with van der Waals surface area (Å²) in [6.45, 7) is 1.01. The molecule has 1 amide bonds. The number of aromatic nitrogens is 1. The van der Waals surface area contributed by atoms with Crippen molar-refractivity contribution in [2.24, 2.45) is 5.92 Å². The van der Waals surface area contributed by atoms with E-state index in [1.54, 1.807) is 0 Å². The van der Waals surface area contributed by atoms with Crippen LogP contribution < -0.4 is 10.6 Å². The highest BCUT2D eigenvalue weighted by Crippen LogP contribution is 2.36. The summed E-state index contributed by atoms with van der Waals surface area (Å²) in [5.74, 6) is -0.0791. The number of hydrogen-bond donors (Lipinski definition) is 3. The molecular weight excluding hydrogens is 406 g/mol. The molecule has 1 aromatic rings. The minimum absolute atomic E-state index is 0.101. The lowest BCUT2D eigenvalue weighted by atomic mass is 9.94. The highest BCUT2D eigenvalue weighted by molar-refractivity contribution is 5.85. The van der Waals surface area contributed by atoms with Crippen molar-refractivity contribution in [1.29, 1.82) is 0 Å². The normalized spacial score (nSPS) is 24.9. The summed E-state index contributed by atoms with van der Waals surface area (Å²) in [6.07, 6.45) is 12.7. The number of carboxylic acids is 1. The number of nitrogens with one attached hydrogen (secondary N) is 2. The van der Waals surface area contributed by atoms with Gasteiger partial charge in [0, 0.05) is 18.2 Å². The number of nitrogens with zero attached hydrogens (tertiary/aromatic N) is 1. The van der Waals surface area contributed by atoms with Crippen molar-refractivity contribution in [2.45, 2.75) is 102 Å². The predicted octanol–water partition coefficient (Wildman–Crippen LogP) is 3.85. The van der Waals surface area contributed by atoms with E-state index in [9.17, 15) is 14.7 Å². The van der Waals surface area contributed by atoms with E-state index in [1.807, 2.05) is 0 Å².